The highest BCUT2D eigenvalue weighted by Gasteiger charge is 2.30. The first-order valence-corrected chi connectivity index (χ1v) is 12.0. The second-order valence-corrected chi connectivity index (χ2v) is 10.4. The summed E-state index contributed by atoms with van der Waals surface area (Å²) in [7, 11) is 0. The van der Waals surface area contributed by atoms with Gasteiger partial charge in [-0.1, -0.05) is 73.1 Å². The number of benzene rings is 2. The van der Waals surface area contributed by atoms with Gasteiger partial charge in [-0.25, -0.2) is 0 Å². The SMILES string of the molecule is C=C(O)CC(=C)Sc1cc(CCC(SC(=C)c2ccc(C(F)(F)F)cc2)=C(C)C)ccc1C. The van der Waals surface area contributed by atoms with Crippen molar-refractivity contribution < 1.29 is 18.3 Å². The van der Waals surface area contributed by atoms with Crippen molar-refractivity contribution >= 4 is 28.4 Å². The first-order chi connectivity index (χ1) is 15.4. The molecule has 6 heteroatoms. The lowest BCUT2D eigenvalue weighted by Gasteiger charge is -2.14. The van der Waals surface area contributed by atoms with Crippen LogP contribution in [0.25, 0.3) is 4.91 Å². The van der Waals surface area contributed by atoms with E-state index in [4.69, 9.17) is 0 Å². The summed E-state index contributed by atoms with van der Waals surface area (Å²) in [5.41, 5.74) is 3.50. The van der Waals surface area contributed by atoms with E-state index in [0.29, 0.717) is 12.0 Å². The van der Waals surface area contributed by atoms with Gasteiger partial charge in [0.25, 0.3) is 0 Å². The lowest BCUT2D eigenvalue weighted by molar-refractivity contribution is -0.137. The molecule has 0 aliphatic rings. The van der Waals surface area contributed by atoms with Gasteiger partial charge in [-0.3, -0.25) is 0 Å². The van der Waals surface area contributed by atoms with E-state index in [1.165, 1.54) is 41.2 Å². The molecule has 0 spiro atoms. The smallest absolute Gasteiger partial charge is 0.416 e. The molecular formula is C27H29F3OS2. The van der Waals surface area contributed by atoms with Crippen LogP contribution in [0, 0.1) is 6.92 Å². The number of aryl methyl sites for hydroxylation is 2. The summed E-state index contributed by atoms with van der Waals surface area (Å²) >= 11 is 3.05. The Morgan fingerprint density at radius 1 is 1.00 bits per heavy atom. The highest BCUT2D eigenvalue weighted by molar-refractivity contribution is 8.11. The minimum absolute atomic E-state index is 0.0970. The van der Waals surface area contributed by atoms with Crippen LogP contribution in [-0.4, -0.2) is 5.11 Å². The molecule has 0 radical (unpaired) electrons. The Bertz CT molecular complexity index is 1060. The molecule has 0 aliphatic carbocycles. The summed E-state index contributed by atoms with van der Waals surface area (Å²) < 4.78 is 38.5. The Kier molecular flexibility index (Phi) is 9.56. The van der Waals surface area contributed by atoms with Crippen LogP contribution in [0.5, 0.6) is 0 Å². The average molecular weight is 491 g/mol. The van der Waals surface area contributed by atoms with E-state index < -0.39 is 11.7 Å². The average Bonchev–Trinajstić information content (AvgIpc) is 2.71. The maximum atomic E-state index is 12.8. The predicted molar refractivity (Wildman–Crippen MR) is 137 cm³/mol. The van der Waals surface area contributed by atoms with Crippen molar-refractivity contribution in [3.05, 3.63) is 106 Å². The van der Waals surface area contributed by atoms with Gasteiger partial charge >= 0.3 is 6.18 Å². The van der Waals surface area contributed by atoms with E-state index in [0.717, 1.165) is 55.7 Å². The van der Waals surface area contributed by atoms with Gasteiger partial charge in [0.1, 0.15) is 0 Å². The largest absolute Gasteiger partial charge is 0.513 e. The molecule has 2 aromatic carbocycles. The van der Waals surface area contributed by atoms with Crippen molar-refractivity contribution in [2.45, 2.75) is 51.1 Å². The van der Waals surface area contributed by atoms with Crippen molar-refractivity contribution in [2.75, 3.05) is 0 Å². The molecule has 0 atom stereocenters. The predicted octanol–water partition coefficient (Wildman–Crippen LogP) is 9.71. The lowest BCUT2D eigenvalue weighted by Crippen LogP contribution is -2.04. The maximum absolute atomic E-state index is 12.8. The molecular weight excluding hydrogens is 461 g/mol. The fourth-order valence-corrected chi connectivity index (χ4v) is 4.99. The van der Waals surface area contributed by atoms with Crippen LogP contribution in [0.1, 0.15) is 48.9 Å². The van der Waals surface area contributed by atoms with Crippen molar-refractivity contribution in [3.8, 4) is 0 Å². The molecule has 176 valence electrons. The maximum Gasteiger partial charge on any atom is 0.416 e. The van der Waals surface area contributed by atoms with Crippen LogP contribution < -0.4 is 0 Å². The Hall–Kier alpha value is -2.31. The molecule has 0 aromatic heterocycles. The first kappa shape index (κ1) is 26.9. The zero-order valence-electron chi connectivity index (χ0n) is 19.2. The molecule has 0 fully saturated rings. The molecule has 1 nitrogen and oxygen atoms in total. The van der Waals surface area contributed by atoms with Gasteiger partial charge in [0.2, 0.25) is 0 Å². The van der Waals surface area contributed by atoms with Gasteiger partial charge in [0.15, 0.2) is 0 Å². The zero-order valence-corrected chi connectivity index (χ0v) is 20.8. The molecule has 2 rings (SSSR count). The molecule has 33 heavy (non-hydrogen) atoms. The number of rotatable bonds is 10. The third-order valence-electron chi connectivity index (χ3n) is 4.89. The number of allylic oxidation sites excluding steroid dienone is 3. The van der Waals surface area contributed by atoms with Crippen LogP contribution in [0.2, 0.25) is 0 Å². The molecule has 2 aromatic rings. The van der Waals surface area contributed by atoms with E-state index in [1.54, 1.807) is 0 Å². The highest BCUT2D eigenvalue weighted by Crippen LogP contribution is 2.38. The van der Waals surface area contributed by atoms with Crippen molar-refractivity contribution in [1.29, 1.82) is 0 Å². The topological polar surface area (TPSA) is 20.2 Å². The molecule has 0 amide bonds. The van der Waals surface area contributed by atoms with E-state index in [2.05, 4.69) is 37.9 Å². The quantitative estimate of drug-likeness (QED) is 0.264. The standard InChI is InChI=1S/C27H29F3OS2/c1-17(2)25(33-21(6)23-10-12-24(13-11-23)27(28,29)30)14-9-22-8-7-18(3)26(16-22)32-20(5)15-19(4)31/h7-8,10-13,16,31H,4-6,9,14-15H2,1-3H3. The van der Waals surface area contributed by atoms with E-state index in [-0.39, 0.29) is 5.76 Å². The van der Waals surface area contributed by atoms with Gasteiger partial charge in [-0.05, 0) is 78.3 Å². The van der Waals surface area contributed by atoms with Crippen molar-refractivity contribution in [3.63, 3.8) is 0 Å². The monoisotopic (exact) mass is 490 g/mol. The van der Waals surface area contributed by atoms with Crippen LogP contribution in [-0.2, 0) is 12.6 Å². The highest BCUT2D eigenvalue weighted by atomic mass is 32.2. The summed E-state index contributed by atoms with van der Waals surface area (Å²) in [6.07, 6.45) is -2.37. The van der Waals surface area contributed by atoms with E-state index >= 15 is 0 Å². The van der Waals surface area contributed by atoms with Gasteiger partial charge in [-0.15, -0.1) is 0 Å². The second-order valence-electron chi connectivity index (χ2n) is 8.01. The van der Waals surface area contributed by atoms with Crippen LogP contribution in [0.15, 0.2) is 88.2 Å². The zero-order chi connectivity index (χ0) is 24.8. The van der Waals surface area contributed by atoms with Gasteiger partial charge in [0, 0.05) is 16.2 Å². The number of halogens is 3. The fraction of sp³-hybridized carbons (Fsp3) is 0.259. The normalized spacial score (nSPS) is 11.2. The van der Waals surface area contributed by atoms with Crippen LogP contribution in [0.3, 0.4) is 0 Å². The van der Waals surface area contributed by atoms with Crippen LogP contribution in [0.4, 0.5) is 13.2 Å². The summed E-state index contributed by atoms with van der Waals surface area (Å²) in [4.78, 5) is 3.80. The molecule has 0 heterocycles. The number of hydrogen-bond donors (Lipinski definition) is 1. The van der Waals surface area contributed by atoms with Gasteiger partial charge in [0.05, 0.1) is 11.3 Å². The lowest BCUT2D eigenvalue weighted by atomic mass is 10.1. The number of alkyl halides is 3. The van der Waals surface area contributed by atoms with Gasteiger partial charge in [-0.2, -0.15) is 13.2 Å². The minimum atomic E-state index is -4.35. The minimum Gasteiger partial charge on any atom is -0.513 e. The van der Waals surface area contributed by atoms with E-state index in [9.17, 15) is 18.3 Å². The second kappa shape index (κ2) is 11.7. The first-order valence-electron chi connectivity index (χ1n) is 10.4. The molecule has 1 N–H and O–H groups in total. The molecule has 0 aliphatic heterocycles. The molecule has 0 bridgehead atoms. The number of hydrogen-bond acceptors (Lipinski definition) is 3. The summed E-state index contributed by atoms with van der Waals surface area (Å²) in [5.74, 6) is 0.0970. The van der Waals surface area contributed by atoms with E-state index in [1.807, 2.05) is 20.8 Å². The Morgan fingerprint density at radius 2 is 1.64 bits per heavy atom. The number of aliphatic hydroxyl groups excluding tert-OH is 1. The van der Waals surface area contributed by atoms with Crippen molar-refractivity contribution in [1.82, 2.24) is 0 Å². The van der Waals surface area contributed by atoms with Gasteiger partial charge < -0.3 is 5.11 Å². The van der Waals surface area contributed by atoms with Crippen LogP contribution >= 0.6 is 23.5 Å². The Balaban J connectivity index is 2.07. The number of aliphatic hydroxyl groups is 1. The number of thioether (sulfide) groups is 2. The molecule has 0 saturated heterocycles. The summed E-state index contributed by atoms with van der Waals surface area (Å²) in [6.45, 7) is 17.7. The molecule has 0 saturated carbocycles. The summed E-state index contributed by atoms with van der Waals surface area (Å²) in [5, 5.41) is 9.39. The van der Waals surface area contributed by atoms with Crippen molar-refractivity contribution in [2.24, 2.45) is 0 Å². The molecule has 0 unspecified atom stereocenters. The Labute approximate surface area is 203 Å². The third kappa shape index (κ3) is 8.52. The third-order valence-corrected chi connectivity index (χ3v) is 7.32. The summed E-state index contributed by atoms with van der Waals surface area (Å²) in [6, 6.07) is 11.4. The fourth-order valence-electron chi connectivity index (χ4n) is 3.04. The Morgan fingerprint density at radius 3 is 2.18 bits per heavy atom.